The lowest BCUT2D eigenvalue weighted by Gasteiger charge is -3.10. The maximum atomic E-state index is 6.22. The molecule has 0 unspecified atom stereocenters. The van der Waals surface area contributed by atoms with E-state index in [2.05, 4.69) is 20.4 Å². The molecule has 3 heterocycles. The van der Waals surface area contributed by atoms with Crippen molar-refractivity contribution in [2.75, 3.05) is 12.3 Å². The van der Waals surface area contributed by atoms with Gasteiger partial charge in [0, 0.05) is 22.7 Å². The number of nitrogens with two attached hydrogens (primary N) is 1. The normalized spacial score (nSPS) is 43.7. The molecule has 6 nitrogen and oxygen atoms in total. The van der Waals surface area contributed by atoms with Gasteiger partial charge in [-0.25, -0.2) is 9.97 Å². The largest absolute Gasteiger partial charge is 0.493 e. The number of anilines is 1. The van der Waals surface area contributed by atoms with Crippen LogP contribution in [0, 0.1) is 40.9 Å². The Morgan fingerprint density at radius 3 is 2.45 bits per heavy atom. The van der Waals surface area contributed by atoms with Crippen molar-refractivity contribution in [3.05, 3.63) is 54.7 Å². The van der Waals surface area contributed by atoms with Crippen LogP contribution in [0.5, 0.6) is 5.75 Å². The summed E-state index contributed by atoms with van der Waals surface area (Å²) in [4.78, 5) is 12.7. The van der Waals surface area contributed by atoms with Crippen LogP contribution in [0.3, 0.4) is 0 Å². The molecule has 10 rings (SSSR count). The van der Waals surface area contributed by atoms with Crippen molar-refractivity contribution >= 4 is 22.4 Å². The summed E-state index contributed by atoms with van der Waals surface area (Å²) in [5.74, 6) is 7.28. The number of benzene rings is 1. The molecule has 6 aliphatic carbocycles. The van der Waals surface area contributed by atoms with E-state index in [1.165, 1.54) is 5.82 Å². The first-order valence-electron chi connectivity index (χ1n) is 10.6. The maximum absolute atomic E-state index is 6.22. The average Bonchev–Trinajstić information content (AvgIpc) is 3.40. The summed E-state index contributed by atoms with van der Waals surface area (Å²) in [6.45, 7) is 0.880. The Hall–Kier alpha value is -3.02. The lowest BCUT2D eigenvalue weighted by molar-refractivity contribution is -0.631. The number of H-pyrrole nitrogens is 1. The molecular weight excluding hydrogens is 362 g/mol. The van der Waals surface area contributed by atoms with E-state index in [0.29, 0.717) is 10.8 Å². The molecular formula is C23H19N5O. The predicted octanol–water partition coefficient (Wildman–Crippen LogP) is 2.86. The van der Waals surface area contributed by atoms with Crippen LogP contribution < -0.4 is 10.5 Å². The minimum absolute atomic E-state index is 0.348. The van der Waals surface area contributed by atoms with Crippen LogP contribution in [-0.2, 0) is 5.41 Å². The molecule has 3 N–H and O–H groups in total. The van der Waals surface area contributed by atoms with Gasteiger partial charge in [-0.15, -0.1) is 0 Å². The average molecular weight is 381 g/mol. The van der Waals surface area contributed by atoms with Crippen LogP contribution >= 0.6 is 0 Å². The monoisotopic (exact) mass is 381 g/mol. The van der Waals surface area contributed by atoms with Crippen molar-refractivity contribution in [2.24, 2.45) is 40.9 Å². The van der Waals surface area contributed by atoms with Crippen molar-refractivity contribution in [3.63, 3.8) is 0 Å². The van der Waals surface area contributed by atoms with Crippen LogP contribution in [0.15, 0.2) is 48.9 Å². The van der Waals surface area contributed by atoms with Gasteiger partial charge in [-0.3, -0.25) is 4.40 Å². The highest BCUT2D eigenvalue weighted by Crippen LogP contribution is 3.09. The van der Waals surface area contributed by atoms with E-state index in [9.17, 15) is 0 Å². The maximum Gasteiger partial charge on any atom is 0.154 e. The molecule has 6 heteroatoms. The number of nitrogens with one attached hydrogen (secondary N) is 1. The topological polar surface area (TPSA) is 81.2 Å². The zero-order chi connectivity index (χ0) is 18.7. The van der Waals surface area contributed by atoms with Crippen LogP contribution in [0.1, 0.15) is 5.82 Å². The lowest BCUT2D eigenvalue weighted by atomic mass is 8.92. The molecule has 1 aromatic carbocycles. The van der Waals surface area contributed by atoms with Crippen LogP contribution in [-0.4, -0.2) is 26.0 Å². The van der Waals surface area contributed by atoms with Crippen molar-refractivity contribution in [2.45, 2.75) is 5.41 Å². The molecule has 0 saturated heterocycles. The van der Waals surface area contributed by atoms with Gasteiger partial charge in [-0.1, -0.05) is 0 Å². The number of nitrogens with zero attached hydrogens (tertiary/aromatic N) is 3. The molecule has 0 bridgehead atoms. The molecule has 29 heavy (non-hydrogen) atoms. The smallest absolute Gasteiger partial charge is 0.154 e. The fraction of sp³-hybridized carbons (Fsp3) is 0.391. The number of hydrogen-bond donors (Lipinski definition) is 2. The van der Waals surface area contributed by atoms with E-state index in [-0.39, 0.29) is 0 Å². The van der Waals surface area contributed by atoms with Gasteiger partial charge in [0.25, 0.3) is 0 Å². The highest BCUT2D eigenvalue weighted by atomic mass is 16.5. The van der Waals surface area contributed by atoms with Gasteiger partial charge in [-0.05, 0) is 65.8 Å². The minimum atomic E-state index is 0.348. The number of fused-ring (bicyclic) bond motifs is 3. The molecule has 142 valence electrons. The molecule has 6 fully saturated rings. The summed E-state index contributed by atoms with van der Waals surface area (Å²) in [6, 6.07) is 9.95. The highest BCUT2D eigenvalue weighted by Gasteiger charge is 3.10. The van der Waals surface area contributed by atoms with Gasteiger partial charge in [0.15, 0.2) is 5.65 Å². The Bertz CT molecular complexity index is 1330. The summed E-state index contributed by atoms with van der Waals surface area (Å²) in [7, 11) is 0. The van der Waals surface area contributed by atoms with Gasteiger partial charge in [0.2, 0.25) is 0 Å². The van der Waals surface area contributed by atoms with Crippen molar-refractivity contribution in [1.29, 1.82) is 0 Å². The molecule has 0 radical (unpaired) electrons. The van der Waals surface area contributed by atoms with Gasteiger partial charge in [-0.2, -0.15) is 0 Å². The third-order valence-corrected chi connectivity index (χ3v) is 9.65. The first-order chi connectivity index (χ1) is 14.3. The highest BCUT2D eigenvalue weighted by molar-refractivity contribution is 5.76. The molecule has 0 spiro atoms. The molecule has 4 aromatic rings. The van der Waals surface area contributed by atoms with Crippen LogP contribution in [0.2, 0.25) is 0 Å². The fourth-order valence-electron chi connectivity index (χ4n) is 9.04. The van der Waals surface area contributed by atoms with Gasteiger partial charge < -0.3 is 15.5 Å². The van der Waals surface area contributed by atoms with E-state index < -0.39 is 0 Å². The summed E-state index contributed by atoms with van der Waals surface area (Å²) in [6.07, 6.45) is 5.93. The minimum Gasteiger partial charge on any atom is -0.493 e. The first kappa shape index (κ1) is 14.0. The lowest BCUT2D eigenvalue weighted by Crippen LogP contribution is -3.12. The zero-order valence-corrected chi connectivity index (χ0v) is 15.6. The van der Waals surface area contributed by atoms with Crippen LogP contribution in [0.25, 0.3) is 16.7 Å². The Labute approximate surface area is 166 Å². The van der Waals surface area contributed by atoms with Gasteiger partial charge >= 0.3 is 0 Å². The SMILES string of the molecule is Nc1ccc(OCC23C4C5C2C2C3C4C52c2ncc3cnc4[nH]ccc4n23)cc1. The second-order valence-electron chi connectivity index (χ2n) is 9.87. The van der Waals surface area contributed by atoms with E-state index in [4.69, 9.17) is 15.5 Å². The first-order valence-corrected chi connectivity index (χ1v) is 10.6. The van der Waals surface area contributed by atoms with Crippen molar-refractivity contribution < 1.29 is 4.74 Å². The Kier molecular flexibility index (Phi) is 1.87. The quantitative estimate of drug-likeness (QED) is 0.533. The zero-order valence-electron chi connectivity index (χ0n) is 15.6. The van der Waals surface area contributed by atoms with Gasteiger partial charge in [0.05, 0.1) is 30.0 Å². The van der Waals surface area contributed by atoms with E-state index in [1.807, 2.05) is 42.9 Å². The third kappa shape index (κ3) is 1.07. The standard InChI is InChI=1S/C23H19N5O/c24-10-1-3-12(4-2-10)29-9-22-14-17-15(22)19-16(22)18(14)23(17,19)21-27-8-11-7-26-20-13(28(11)21)5-6-25-20/h1-8,14-19,25H,9,24H2. The molecule has 3 aromatic heterocycles. The molecule has 6 aliphatic rings. The predicted molar refractivity (Wildman–Crippen MR) is 106 cm³/mol. The second-order valence-corrected chi connectivity index (χ2v) is 9.87. The van der Waals surface area contributed by atoms with Crippen molar-refractivity contribution in [3.8, 4) is 5.75 Å². The molecule has 0 aliphatic heterocycles. The summed E-state index contributed by atoms with van der Waals surface area (Å²) in [5, 5.41) is 0. The Morgan fingerprint density at radius 1 is 0.966 bits per heavy atom. The number of ether oxygens (including phenoxy) is 1. The number of aromatic nitrogens is 4. The number of nitrogen functional groups attached to an aromatic ring is 1. The van der Waals surface area contributed by atoms with E-state index in [0.717, 1.165) is 70.2 Å². The van der Waals surface area contributed by atoms with Crippen molar-refractivity contribution in [1.82, 2.24) is 19.4 Å². The summed E-state index contributed by atoms with van der Waals surface area (Å²) >= 11 is 0. The Balaban J connectivity index is 1.07. The molecule has 6 saturated carbocycles. The number of rotatable bonds is 4. The van der Waals surface area contributed by atoms with E-state index in [1.54, 1.807) is 0 Å². The molecule has 0 atom stereocenters. The third-order valence-electron chi connectivity index (χ3n) is 9.65. The summed E-state index contributed by atoms with van der Waals surface area (Å²) < 4.78 is 8.60. The summed E-state index contributed by atoms with van der Waals surface area (Å²) in [5.41, 5.74) is 10.6. The second kappa shape index (κ2) is 3.86. The fourth-order valence-corrected chi connectivity index (χ4v) is 9.04. The Morgan fingerprint density at radius 2 is 1.69 bits per heavy atom. The number of imidazole rings is 1. The number of hydrogen-bond acceptors (Lipinski definition) is 4. The van der Waals surface area contributed by atoms with Crippen LogP contribution in [0.4, 0.5) is 5.69 Å². The number of aromatic amines is 1. The van der Waals surface area contributed by atoms with E-state index >= 15 is 0 Å². The molecule has 0 amide bonds. The van der Waals surface area contributed by atoms with Gasteiger partial charge in [0.1, 0.15) is 11.6 Å².